The molecule has 1 fully saturated rings. The number of carbonyl (C=O) groups excluding carboxylic acids is 3. The summed E-state index contributed by atoms with van der Waals surface area (Å²) in [6.45, 7) is 0. The van der Waals surface area contributed by atoms with Gasteiger partial charge in [0.05, 0.1) is 13.5 Å². The van der Waals surface area contributed by atoms with Gasteiger partial charge >= 0.3 is 6.03 Å². The van der Waals surface area contributed by atoms with Crippen molar-refractivity contribution in [1.82, 2.24) is 16.0 Å². The first-order valence-electron chi connectivity index (χ1n) is 9.19. The van der Waals surface area contributed by atoms with Crippen molar-refractivity contribution in [3.63, 3.8) is 0 Å². The van der Waals surface area contributed by atoms with Gasteiger partial charge in [-0.1, -0.05) is 30.3 Å². The number of amides is 4. The number of nitrogens with one attached hydrogen (secondary N) is 3. The predicted octanol–water partition coefficient (Wildman–Crippen LogP) is 1.54. The Morgan fingerprint density at radius 3 is 2.46 bits per heavy atom. The summed E-state index contributed by atoms with van der Waals surface area (Å²) >= 11 is 0. The molecule has 2 unspecified atom stereocenters. The van der Waals surface area contributed by atoms with Gasteiger partial charge in [0.2, 0.25) is 5.91 Å². The van der Waals surface area contributed by atoms with Crippen molar-refractivity contribution in [2.75, 3.05) is 7.11 Å². The molecule has 1 aliphatic heterocycles. The maximum absolute atomic E-state index is 12.3. The van der Waals surface area contributed by atoms with Crippen LogP contribution in [0.5, 0.6) is 5.75 Å². The van der Waals surface area contributed by atoms with Crippen LogP contribution in [0.15, 0.2) is 42.5 Å². The first-order chi connectivity index (χ1) is 13.5. The topological polar surface area (TPSA) is 96.5 Å². The van der Waals surface area contributed by atoms with E-state index in [0.29, 0.717) is 0 Å². The number of urea groups is 1. The minimum atomic E-state index is -0.794. The Balaban J connectivity index is 1.38. The number of carbonyl (C=O) groups is 3. The van der Waals surface area contributed by atoms with E-state index in [4.69, 9.17) is 4.74 Å². The number of methoxy groups -OCH3 is 1. The average molecular weight is 379 g/mol. The van der Waals surface area contributed by atoms with Crippen LogP contribution in [0.25, 0.3) is 11.1 Å². The van der Waals surface area contributed by atoms with Crippen LogP contribution in [0.3, 0.4) is 0 Å². The molecule has 2 aromatic rings. The van der Waals surface area contributed by atoms with Crippen LogP contribution < -0.4 is 20.7 Å². The zero-order valence-corrected chi connectivity index (χ0v) is 15.5. The van der Waals surface area contributed by atoms with E-state index in [9.17, 15) is 14.4 Å². The van der Waals surface area contributed by atoms with Gasteiger partial charge in [-0.2, -0.15) is 0 Å². The number of imide groups is 1. The van der Waals surface area contributed by atoms with Crippen molar-refractivity contribution in [2.45, 2.75) is 31.3 Å². The fourth-order valence-corrected chi connectivity index (χ4v) is 3.76. The van der Waals surface area contributed by atoms with Crippen molar-refractivity contribution in [3.05, 3.63) is 53.6 Å². The molecule has 7 heteroatoms. The Morgan fingerprint density at radius 1 is 1.07 bits per heavy atom. The average Bonchev–Trinajstić information content (AvgIpc) is 3.22. The molecule has 0 saturated carbocycles. The fourth-order valence-electron chi connectivity index (χ4n) is 3.76. The van der Waals surface area contributed by atoms with Gasteiger partial charge in [-0.05, 0) is 47.2 Å². The minimum Gasteiger partial charge on any atom is -0.497 e. The van der Waals surface area contributed by atoms with Crippen LogP contribution >= 0.6 is 0 Å². The molecule has 1 aliphatic carbocycles. The van der Waals surface area contributed by atoms with Gasteiger partial charge in [-0.3, -0.25) is 14.9 Å². The number of benzene rings is 2. The van der Waals surface area contributed by atoms with Crippen molar-refractivity contribution >= 4 is 17.8 Å². The van der Waals surface area contributed by atoms with Crippen molar-refractivity contribution in [1.29, 1.82) is 0 Å². The summed E-state index contributed by atoms with van der Waals surface area (Å²) < 4.78 is 5.20. The first-order valence-corrected chi connectivity index (χ1v) is 9.19. The van der Waals surface area contributed by atoms with Gasteiger partial charge in [-0.15, -0.1) is 0 Å². The lowest BCUT2D eigenvalue weighted by molar-refractivity contribution is -0.126. The minimum absolute atomic E-state index is 0.00576. The highest BCUT2D eigenvalue weighted by molar-refractivity contribution is 6.05. The lowest BCUT2D eigenvalue weighted by Crippen LogP contribution is -2.40. The molecule has 7 nitrogen and oxygen atoms in total. The standard InChI is InChI=1S/C21H21N3O4/c1-28-17-6-4-12(5-7-17)13-2-3-14-9-16(10-15(14)8-13)22-19(25)11-18-20(26)24-21(27)23-18/h2-8,16,18H,9-11H2,1H3,(H,22,25)(H2,23,24,26,27). The summed E-state index contributed by atoms with van der Waals surface area (Å²) in [5.41, 5.74) is 4.66. The van der Waals surface area contributed by atoms with Crippen LogP contribution in [-0.2, 0) is 22.4 Å². The van der Waals surface area contributed by atoms with E-state index in [1.807, 2.05) is 24.3 Å². The first kappa shape index (κ1) is 18.0. The van der Waals surface area contributed by atoms with Gasteiger partial charge in [0, 0.05) is 6.04 Å². The summed E-state index contributed by atoms with van der Waals surface area (Å²) in [5.74, 6) is 0.120. The number of rotatable bonds is 5. The smallest absolute Gasteiger partial charge is 0.322 e. The number of ether oxygens (including phenoxy) is 1. The molecule has 144 valence electrons. The molecule has 0 radical (unpaired) electrons. The molecule has 4 rings (SSSR count). The Morgan fingerprint density at radius 2 is 1.79 bits per heavy atom. The van der Waals surface area contributed by atoms with E-state index in [1.54, 1.807) is 7.11 Å². The maximum atomic E-state index is 12.3. The van der Waals surface area contributed by atoms with Gasteiger partial charge in [0.25, 0.3) is 5.91 Å². The zero-order valence-electron chi connectivity index (χ0n) is 15.5. The Bertz CT molecular complexity index is 939. The summed E-state index contributed by atoms with van der Waals surface area (Å²) in [5, 5.41) is 7.55. The molecule has 2 aromatic carbocycles. The third-order valence-corrected chi connectivity index (χ3v) is 5.18. The molecule has 0 spiro atoms. The van der Waals surface area contributed by atoms with Crippen molar-refractivity contribution in [2.24, 2.45) is 0 Å². The number of hydrogen-bond donors (Lipinski definition) is 3. The highest BCUT2D eigenvalue weighted by Crippen LogP contribution is 2.29. The van der Waals surface area contributed by atoms with Crippen LogP contribution in [0.1, 0.15) is 17.5 Å². The van der Waals surface area contributed by atoms with Crippen LogP contribution in [0.4, 0.5) is 4.79 Å². The normalized spacial score (nSPS) is 20.3. The van der Waals surface area contributed by atoms with Gasteiger partial charge in [-0.25, -0.2) is 4.79 Å². The quantitative estimate of drug-likeness (QED) is 0.687. The van der Waals surface area contributed by atoms with Crippen LogP contribution in [0.2, 0.25) is 0 Å². The largest absolute Gasteiger partial charge is 0.497 e. The van der Waals surface area contributed by atoms with E-state index in [2.05, 4.69) is 34.1 Å². The maximum Gasteiger partial charge on any atom is 0.322 e. The highest BCUT2D eigenvalue weighted by Gasteiger charge is 2.32. The highest BCUT2D eigenvalue weighted by atomic mass is 16.5. The lowest BCUT2D eigenvalue weighted by atomic mass is 10.0. The summed E-state index contributed by atoms with van der Waals surface area (Å²) in [7, 11) is 1.64. The molecule has 2 atom stereocenters. The molecular weight excluding hydrogens is 358 g/mol. The second kappa shape index (κ2) is 7.34. The Kier molecular flexibility index (Phi) is 4.73. The molecule has 1 saturated heterocycles. The Hall–Kier alpha value is -3.35. The molecule has 1 heterocycles. The predicted molar refractivity (Wildman–Crippen MR) is 103 cm³/mol. The summed E-state index contributed by atoms with van der Waals surface area (Å²) in [4.78, 5) is 35.0. The van der Waals surface area contributed by atoms with Gasteiger partial charge < -0.3 is 15.4 Å². The SMILES string of the molecule is COc1ccc(-c2ccc3c(c2)CC(NC(=O)CC2NC(=O)NC2=O)C3)cc1. The molecule has 3 N–H and O–H groups in total. The van der Waals surface area contributed by atoms with E-state index in [1.165, 1.54) is 11.1 Å². The Labute approximate surface area is 162 Å². The molecule has 2 aliphatic rings. The lowest BCUT2D eigenvalue weighted by Gasteiger charge is -2.13. The van der Waals surface area contributed by atoms with E-state index in [-0.39, 0.29) is 18.4 Å². The number of fused-ring (bicyclic) bond motifs is 1. The molecule has 4 amide bonds. The van der Waals surface area contributed by atoms with Crippen molar-refractivity contribution < 1.29 is 19.1 Å². The monoisotopic (exact) mass is 379 g/mol. The van der Waals surface area contributed by atoms with E-state index >= 15 is 0 Å². The third-order valence-electron chi connectivity index (χ3n) is 5.18. The van der Waals surface area contributed by atoms with Gasteiger partial charge in [0.1, 0.15) is 11.8 Å². The second-order valence-electron chi connectivity index (χ2n) is 7.10. The third kappa shape index (κ3) is 3.69. The molecule has 28 heavy (non-hydrogen) atoms. The van der Waals surface area contributed by atoms with Crippen molar-refractivity contribution in [3.8, 4) is 16.9 Å². The van der Waals surface area contributed by atoms with Crippen LogP contribution in [0, 0.1) is 0 Å². The molecular formula is C21H21N3O4. The van der Waals surface area contributed by atoms with E-state index in [0.717, 1.165) is 29.7 Å². The summed E-state index contributed by atoms with van der Waals surface area (Å²) in [6.07, 6.45) is 1.45. The number of hydrogen-bond acceptors (Lipinski definition) is 4. The fraction of sp³-hybridized carbons (Fsp3) is 0.286. The summed E-state index contributed by atoms with van der Waals surface area (Å²) in [6, 6.07) is 12.9. The second-order valence-corrected chi connectivity index (χ2v) is 7.10. The zero-order chi connectivity index (χ0) is 19.7. The van der Waals surface area contributed by atoms with E-state index < -0.39 is 18.0 Å². The molecule has 0 bridgehead atoms. The molecule has 0 aromatic heterocycles. The van der Waals surface area contributed by atoms with Crippen LogP contribution in [-0.4, -0.2) is 37.0 Å². The van der Waals surface area contributed by atoms with Gasteiger partial charge in [0.15, 0.2) is 0 Å².